The van der Waals surface area contributed by atoms with E-state index in [9.17, 15) is 18.0 Å². The molecule has 0 radical (unpaired) electrons. The molecule has 3 heterocycles. The summed E-state index contributed by atoms with van der Waals surface area (Å²) in [7, 11) is 0. The third-order valence-corrected chi connectivity index (χ3v) is 6.37. The number of aromatic nitrogens is 1. The van der Waals surface area contributed by atoms with Crippen LogP contribution in [-0.4, -0.2) is 66.1 Å². The fourth-order valence-corrected chi connectivity index (χ4v) is 4.44. The molecule has 4 rings (SSSR count). The van der Waals surface area contributed by atoms with Gasteiger partial charge in [-0.2, -0.15) is 13.2 Å². The van der Waals surface area contributed by atoms with Gasteiger partial charge in [-0.05, 0) is 37.5 Å². The van der Waals surface area contributed by atoms with Gasteiger partial charge in [0.25, 0.3) is 0 Å². The number of nitrogens with zero attached hydrogens (tertiary/aromatic N) is 4. The first-order chi connectivity index (χ1) is 15.8. The first-order valence-electron chi connectivity index (χ1n) is 11.4. The second-order valence-electron chi connectivity index (χ2n) is 8.87. The van der Waals surface area contributed by atoms with Gasteiger partial charge in [0.1, 0.15) is 5.82 Å². The minimum Gasteiger partial charge on any atom is -0.356 e. The highest BCUT2D eigenvalue weighted by atomic mass is 19.4. The first kappa shape index (κ1) is 23.4. The highest BCUT2D eigenvalue weighted by Gasteiger charge is 2.31. The number of aryl methyl sites for hydroxylation is 1. The fraction of sp³-hybridized carbons (Fsp3) is 0.500. The van der Waals surface area contributed by atoms with Crippen LogP contribution in [0.3, 0.4) is 0 Å². The molecule has 0 spiro atoms. The molecule has 0 saturated carbocycles. The van der Waals surface area contributed by atoms with Crippen molar-refractivity contribution in [2.24, 2.45) is 0 Å². The Labute approximate surface area is 192 Å². The van der Waals surface area contributed by atoms with Crippen LogP contribution in [-0.2, 0) is 12.7 Å². The van der Waals surface area contributed by atoms with Gasteiger partial charge in [-0.3, -0.25) is 4.90 Å². The number of carbonyl (C=O) groups is 1. The Morgan fingerprint density at radius 1 is 1.06 bits per heavy atom. The average molecular weight is 462 g/mol. The van der Waals surface area contributed by atoms with Crippen molar-refractivity contribution >= 4 is 11.8 Å². The molecule has 2 aromatic rings. The average Bonchev–Trinajstić information content (AvgIpc) is 2.80. The van der Waals surface area contributed by atoms with Crippen molar-refractivity contribution in [1.29, 1.82) is 0 Å². The molecule has 2 saturated heterocycles. The number of alkyl halides is 3. The van der Waals surface area contributed by atoms with Crippen LogP contribution in [0.2, 0.25) is 0 Å². The van der Waals surface area contributed by atoms with E-state index < -0.39 is 11.7 Å². The number of benzene rings is 1. The number of urea groups is 1. The van der Waals surface area contributed by atoms with Gasteiger partial charge in [-0.25, -0.2) is 9.78 Å². The van der Waals surface area contributed by atoms with Crippen molar-refractivity contribution < 1.29 is 18.0 Å². The summed E-state index contributed by atoms with van der Waals surface area (Å²) in [5.41, 5.74) is 1.81. The van der Waals surface area contributed by atoms with Gasteiger partial charge in [0.05, 0.1) is 5.56 Å². The second-order valence-corrected chi connectivity index (χ2v) is 8.87. The zero-order valence-corrected chi connectivity index (χ0v) is 18.8. The molecule has 2 amide bonds. The number of rotatable bonds is 4. The Hall–Kier alpha value is -2.81. The van der Waals surface area contributed by atoms with Crippen molar-refractivity contribution in [3.63, 3.8) is 0 Å². The molecule has 2 fully saturated rings. The largest absolute Gasteiger partial charge is 0.417 e. The van der Waals surface area contributed by atoms with E-state index in [0.29, 0.717) is 32.0 Å². The number of nitrogens with one attached hydrogen (secondary N) is 1. The maximum atomic E-state index is 12.7. The Kier molecular flexibility index (Phi) is 7.07. The number of piperidine rings is 1. The number of carbonyl (C=O) groups excluding carboxylic acids is 1. The van der Waals surface area contributed by atoms with Crippen LogP contribution >= 0.6 is 0 Å². The van der Waals surface area contributed by atoms with Gasteiger partial charge in [0.2, 0.25) is 0 Å². The molecular weight excluding hydrogens is 431 g/mol. The molecule has 9 heteroatoms. The van der Waals surface area contributed by atoms with Crippen molar-refractivity contribution in [3.8, 4) is 0 Å². The molecule has 33 heavy (non-hydrogen) atoms. The number of hydrogen-bond donors (Lipinski definition) is 1. The smallest absolute Gasteiger partial charge is 0.356 e. The molecular formula is C24H30F3N5O. The highest BCUT2D eigenvalue weighted by molar-refractivity contribution is 5.74. The monoisotopic (exact) mass is 461 g/mol. The maximum absolute atomic E-state index is 12.7. The van der Waals surface area contributed by atoms with E-state index >= 15 is 0 Å². The van der Waals surface area contributed by atoms with E-state index in [2.05, 4.69) is 46.4 Å². The Morgan fingerprint density at radius 3 is 2.39 bits per heavy atom. The molecule has 0 unspecified atom stereocenters. The molecule has 178 valence electrons. The number of hydrogen-bond acceptors (Lipinski definition) is 4. The van der Waals surface area contributed by atoms with E-state index in [1.54, 1.807) is 0 Å². The lowest BCUT2D eigenvalue weighted by Crippen LogP contribution is -2.54. The summed E-state index contributed by atoms with van der Waals surface area (Å²) in [6.45, 7) is 7.38. The molecule has 0 atom stereocenters. The lowest BCUT2D eigenvalue weighted by atomic mass is 10.1. The normalized spacial score (nSPS) is 18.4. The van der Waals surface area contributed by atoms with Gasteiger partial charge in [0.15, 0.2) is 0 Å². The maximum Gasteiger partial charge on any atom is 0.417 e. The van der Waals surface area contributed by atoms with Gasteiger partial charge < -0.3 is 15.1 Å². The second kappa shape index (κ2) is 9.99. The van der Waals surface area contributed by atoms with Crippen molar-refractivity contribution in [1.82, 2.24) is 20.1 Å². The molecule has 1 aromatic carbocycles. The molecule has 1 aromatic heterocycles. The van der Waals surface area contributed by atoms with E-state index in [0.717, 1.165) is 44.7 Å². The predicted molar refractivity (Wildman–Crippen MR) is 121 cm³/mol. The van der Waals surface area contributed by atoms with E-state index in [4.69, 9.17) is 0 Å². The zero-order valence-electron chi connectivity index (χ0n) is 18.8. The van der Waals surface area contributed by atoms with E-state index in [1.165, 1.54) is 17.2 Å². The Bertz CT molecular complexity index is 934. The SMILES string of the molecule is Cc1cccc(CN2CCN(C(=O)NC3CCN(c4ccc(C(F)(F)F)cn4)CC3)CC2)c1. The molecule has 2 aliphatic heterocycles. The number of halogens is 3. The fourth-order valence-electron chi connectivity index (χ4n) is 4.44. The number of amides is 2. The summed E-state index contributed by atoms with van der Waals surface area (Å²) in [5.74, 6) is 0.539. The lowest BCUT2D eigenvalue weighted by Gasteiger charge is -2.37. The van der Waals surface area contributed by atoms with Crippen LogP contribution in [0.1, 0.15) is 29.5 Å². The topological polar surface area (TPSA) is 51.7 Å². The van der Waals surface area contributed by atoms with Crippen molar-refractivity contribution in [3.05, 3.63) is 59.3 Å². The van der Waals surface area contributed by atoms with Crippen LogP contribution in [0.25, 0.3) is 0 Å². The minimum atomic E-state index is -4.38. The van der Waals surface area contributed by atoms with Gasteiger partial charge in [0, 0.05) is 58.1 Å². The van der Waals surface area contributed by atoms with Gasteiger partial charge in [-0.1, -0.05) is 29.8 Å². The predicted octanol–water partition coefficient (Wildman–Crippen LogP) is 3.91. The van der Waals surface area contributed by atoms with Crippen LogP contribution in [0, 0.1) is 6.92 Å². The third-order valence-electron chi connectivity index (χ3n) is 6.37. The zero-order chi connectivity index (χ0) is 23.4. The molecule has 0 bridgehead atoms. The van der Waals surface area contributed by atoms with E-state index in [-0.39, 0.29) is 12.1 Å². The number of pyridine rings is 1. The van der Waals surface area contributed by atoms with Gasteiger partial charge in [-0.15, -0.1) is 0 Å². The summed E-state index contributed by atoms with van der Waals surface area (Å²) in [5, 5.41) is 3.13. The standard InChI is InChI=1S/C24H30F3N5O/c1-18-3-2-4-19(15-18)17-30-11-13-32(14-12-30)23(33)29-21-7-9-31(10-8-21)22-6-5-20(16-28-22)24(25,26)27/h2-6,15-16,21H,7-14,17H2,1H3,(H,29,33). The first-order valence-corrected chi connectivity index (χ1v) is 11.4. The Morgan fingerprint density at radius 2 is 1.79 bits per heavy atom. The Balaban J connectivity index is 1.20. The summed E-state index contributed by atoms with van der Waals surface area (Å²) in [4.78, 5) is 22.9. The van der Waals surface area contributed by atoms with E-state index in [1.807, 2.05) is 9.80 Å². The molecule has 6 nitrogen and oxygen atoms in total. The van der Waals surface area contributed by atoms with Crippen molar-refractivity contribution in [2.75, 3.05) is 44.2 Å². The van der Waals surface area contributed by atoms with Crippen LogP contribution in [0.15, 0.2) is 42.6 Å². The number of anilines is 1. The summed E-state index contributed by atoms with van der Waals surface area (Å²) >= 11 is 0. The summed E-state index contributed by atoms with van der Waals surface area (Å²) < 4.78 is 38.2. The summed E-state index contributed by atoms with van der Waals surface area (Å²) in [6.07, 6.45) is -2.03. The van der Waals surface area contributed by atoms with Gasteiger partial charge >= 0.3 is 12.2 Å². The minimum absolute atomic E-state index is 0.0312. The molecule has 1 N–H and O–H groups in total. The van der Waals surface area contributed by atoms with Crippen molar-refractivity contribution in [2.45, 2.75) is 38.5 Å². The third kappa shape index (κ3) is 6.16. The van der Waals surface area contributed by atoms with Crippen LogP contribution < -0.4 is 10.2 Å². The van der Waals surface area contributed by atoms with Crippen LogP contribution in [0.4, 0.5) is 23.8 Å². The lowest BCUT2D eigenvalue weighted by molar-refractivity contribution is -0.137. The molecule has 2 aliphatic rings. The quantitative estimate of drug-likeness (QED) is 0.750. The molecule has 0 aliphatic carbocycles. The summed E-state index contributed by atoms with van der Waals surface area (Å²) in [6, 6.07) is 11.0. The highest BCUT2D eigenvalue weighted by Crippen LogP contribution is 2.29. The van der Waals surface area contributed by atoms with Crippen LogP contribution in [0.5, 0.6) is 0 Å². The number of piperazine rings is 1.